The highest BCUT2D eigenvalue weighted by Crippen LogP contribution is 2.30. The van der Waals surface area contributed by atoms with Gasteiger partial charge in [-0.25, -0.2) is 14.8 Å². The fraction of sp³-hybridized carbons (Fsp3) is 0.188. The van der Waals surface area contributed by atoms with Gasteiger partial charge < -0.3 is 9.73 Å². The highest BCUT2D eigenvalue weighted by atomic mass is 32.1. The van der Waals surface area contributed by atoms with E-state index in [0.717, 1.165) is 5.69 Å². The Kier molecular flexibility index (Phi) is 4.38. The van der Waals surface area contributed by atoms with E-state index in [1.54, 1.807) is 11.3 Å². The third-order valence-electron chi connectivity index (χ3n) is 3.50. The molecule has 0 bridgehead atoms. The zero-order valence-corrected chi connectivity index (χ0v) is 13.6. The van der Waals surface area contributed by atoms with Crippen LogP contribution >= 0.6 is 11.3 Å². The van der Waals surface area contributed by atoms with Crippen molar-refractivity contribution in [3.05, 3.63) is 58.4 Å². The van der Waals surface area contributed by atoms with Crippen molar-refractivity contribution in [1.82, 2.24) is 9.97 Å². The van der Waals surface area contributed by atoms with Crippen molar-refractivity contribution in [2.45, 2.75) is 19.8 Å². The van der Waals surface area contributed by atoms with Crippen LogP contribution in [0.15, 0.2) is 46.7 Å². The van der Waals surface area contributed by atoms with Crippen LogP contribution in [0, 0.1) is 6.92 Å². The predicted molar refractivity (Wildman–Crippen MR) is 90.0 cm³/mol. The summed E-state index contributed by atoms with van der Waals surface area (Å²) in [4.78, 5) is 21.2. The van der Waals surface area contributed by atoms with Gasteiger partial charge in [-0.2, -0.15) is 0 Å². The highest BCUT2D eigenvalue weighted by Gasteiger charge is 2.13. The van der Waals surface area contributed by atoms with Crippen LogP contribution in [0.1, 0.15) is 29.0 Å². The van der Waals surface area contributed by atoms with E-state index in [1.807, 2.05) is 36.7 Å². The van der Waals surface area contributed by atoms with E-state index in [4.69, 9.17) is 4.42 Å². The summed E-state index contributed by atoms with van der Waals surface area (Å²) in [5.74, 6) is 0.276. The van der Waals surface area contributed by atoms with Gasteiger partial charge in [0.15, 0.2) is 0 Å². The van der Waals surface area contributed by atoms with Crippen LogP contribution in [0.5, 0.6) is 0 Å². The summed E-state index contributed by atoms with van der Waals surface area (Å²) in [7, 11) is 0. The van der Waals surface area contributed by atoms with Crippen LogP contribution in [-0.2, 0) is 0 Å². The molecule has 0 fully saturated rings. The summed E-state index contributed by atoms with van der Waals surface area (Å²) >= 11 is 1.66. The molecule has 6 nitrogen and oxygen atoms in total. The Hall–Kier alpha value is -2.67. The lowest BCUT2D eigenvalue weighted by atomic mass is 9.98. The number of thiazole rings is 1. The summed E-state index contributed by atoms with van der Waals surface area (Å²) < 4.78 is 4.96. The zero-order chi connectivity index (χ0) is 16.2. The second-order valence-electron chi connectivity index (χ2n) is 5.06. The van der Waals surface area contributed by atoms with E-state index >= 15 is 0 Å². The van der Waals surface area contributed by atoms with Crippen LogP contribution in [0.2, 0.25) is 0 Å². The lowest BCUT2D eigenvalue weighted by molar-refractivity contribution is 0.261. The van der Waals surface area contributed by atoms with E-state index in [2.05, 4.69) is 27.5 Å². The molecule has 0 spiro atoms. The van der Waals surface area contributed by atoms with E-state index < -0.39 is 6.03 Å². The van der Waals surface area contributed by atoms with Crippen molar-refractivity contribution < 1.29 is 9.21 Å². The first-order valence-electron chi connectivity index (χ1n) is 7.11. The molecule has 1 atom stereocenters. The van der Waals surface area contributed by atoms with Crippen LogP contribution < -0.4 is 10.6 Å². The average molecular weight is 328 g/mol. The Morgan fingerprint density at radius 3 is 2.61 bits per heavy atom. The van der Waals surface area contributed by atoms with Crippen LogP contribution in [0.25, 0.3) is 0 Å². The number of amides is 2. The first-order valence-corrected chi connectivity index (χ1v) is 7.99. The van der Waals surface area contributed by atoms with Gasteiger partial charge in [-0.1, -0.05) is 19.1 Å². The number of benzene rings is 1. The fourth-order valence-electron chi connectivity index (χ4n) is 2.28. The fourth-order valence-corrected chi connectivity index (χ4v) is 3.17. The molecular weight excluding hydrogens is 312 g/mol. The number of nitrogens with one attached hydrogen (secondary N) is 2. The molecule has 0 unspecified atom stereocenters. The number of oxazole rings is 1. The number of hydrogen-bond acceptors (Lipinski definition) is 5. The molecule has 2 N–H and O–H groups in total. The minimum atomic E-state index is -0.397. The minimum absolute atomic E-state index is 0.161. The van der Waals surface area contributed by atoms with Gasteiger partial charge >= 0.3 is 12.0 Å². The van der Waals surface area contributed by atoms with Crippen molar-refractivity contribution in [3.63, 3.8) is 0 Å². The summed E-state index contributed by atoms with van der Waals surface area (Å²) in [6.45, 7) is 4.17. The molecule has 0 aliphatic rings. The number of urea groups is 1. The second-order valence-corrected chi connectivity index (χ2v) is 5.95. The number of carbonyl (C=O) groups is 1. The third-order valence-corrected chi connectivity index (χ3v) is 4.61. The first kappa shape index (κ1) is 15.2. The summed E-state index contributed by atoms with van der Waals surface area (Å²) in [5.41, 5.74) is 4.81. The molecule has 118 valence electrons. The number of anilines is 2. The monoisotopic (exact) mass is 328 g/mol. The Bertz CT molecular complexity index is 781. The number of nitrogens with zero attached hydrogens (tertiary/aromatic N) is 2. The van der Waals surface area contributed by atoms with Gasteiger partial charge in [0, 0.05) is 16.5 Å². The molecule has 2 heterocycles. The lowest BCUT2D eigenvalue weighted by Crippen LogP contribution is -2.19. The molecule has 2 aromatic heterocycles. The topological polar surface area (TPSA) is 80.0 Å². The van der Waals surface area contributed by atoms with Crippen molar-refractivity contribution in [3.8, 4) is 0 Å². The van der Waals surface area contributed by atoms with Crippen molar-refractivity contribution in [2.24, 2.45) is 0 Å². The van der Waals surface area contributed by atoms with Gasteiger partial charge in [-0.15, -0.1) is 11.3 Å². The summed E-state index contributed by atoms with van der Waals surface area (Å²) in [5, 5.41) is 5.24. The second kappa shape index (κ2) is 6.62. The van der Waals surface area contributed by atoms with Crippen LogP contribution in [0.4, 0.5) is 16.5 Å². The minimum Gasteiger partial charge on any atom is -0.432 e. The van der Waals surface area contributed by atoms with E-state index in [0.29, 0.717) is 5.69 Å². The Morgan fingerprint density at radius 2 is 2.00 bits per heavy atom. The predicted octanol–water partition coefficient (Wildman–Crippen LogP) is 4.24. The lowest BCUT2D eigenvalue weighted by Gasteiger charge is -2.12. The van der Waals surface area contributed by atoms with Gasteiger partial charge in [-0.05, 0) is 24.6 Å². The molecule has 3 rings (SSSR count). The van der Waals surface area contributed by atoms with E-state index in [-0.39, 0.29) is 11.9 Å². The van der Waals surface area contributed by atoms with Gasteiger partial charge in [0.25, 0.3) is 0 Å². The number of rotatable bonds is 4. The molecule has 0 aliphatic carbocycles. The standard InChI is InChI=1S/C16H16N4O2S/c1-10(14-11(2)18-9-23-14)12-3-5-13(6-4-12)19-15(21)20-16-17-7-8-22-16/h3-10H,1-2H3,(H2,17,19,20,21)/t10-/m0/s1. The van der Waals surface area contributed by atoms with Crippen molar-refractivity contribution in [1.29, 1.82) is 0 Å². The van der Waals surface area contributed by atoms with Gasteiger partial charge in [-0.3, -0.25) is 5.32 Å². The van der Waals surface area contributed by atoms with Crippen LogP contribution in [-0.4, -0.2) is 16.0 Å². The Morgan fingerprint density at radius 1 is 1.22 bits per heavy atom. The summed E-state index contributed by atoms with van der Waals surface area (Å²) in [6.07, 6.45) is 2.86. The Labute approximate surface area is 137 Å². The van der Waals surface area contributed by atoms with Crippen molar-refractivity contribution in [2.75, 3.05) is 10.6 Å². The number of aryl methyl sites for hydroxylation is 1. The molecule has 7 heteroatoms. The maximum atomic E-state index is 11.8. The largest absolute Gasteiger partial charge is 0.432 e. The molecule has 23 heavy (non-hydrogen) atoms. The number of carbonyl (C=O) groups excluding carboxylic acids is 1. The number of hydrogen-bond donors (Lipinski definition) is 2. The van der Waals surface area contributed by atoms with Crippen molar-refractivity contribution >= 4 is 29.1 Å². The maximum absolute atomic E-state index is 11.8. The van der Waals surface area contributed by atoms with Crippen LogP contribution in [0.3, 0.4) is 0 Å². The SMILES string of the molecule is Cc1ncsc1[C@@H](C)c1ccc(NC(=O)Nc2ncco2)cc1. The number of aromatic nitrogens is 2. The maximum Gasteiger partial charge on any atom is 0.327 e. The highest BCUT2D eigenvalue weighted by molar-refractivity contribution is 7.09. The molecule has 0 saturated heterocycles. The molecule has 0 aliphatic heterocycles. The van der Waals surface area contributed by atoms with E-state index in [9.17, 15) is 4.79 Å². The average Bonchev–Trinajstić information content (AvgIpc) is 3.19. The van der Waals surface area contributed by atoms with E-state index in [1.165, 1.54) is 22.9 Å². The van der Waals surface area contributed by atoms with Gasteiger partial charge in [0.05, 0.1) is 17.4 Å². The molecule has 0 radical (unpaired) electrons. The molecular formula is C16H16N4O2S. The molecule has 2 amide bonds. The quantitative estimate of drug-likeness (QED) is 0.751. The zero-order valence-electron chi connectivity index (χ0n) is 12.7. The van der Waals surface area contributed by atoms with Gasteiger partial charge in [0.2, 0.25) is 0 Å². The molecule has 1 aromatic carbocycles. The summed E-state index contributed by atoms with van der Waals surface area (Å²) in [6, 6.07) is 7.52. The Balaban J connectivity index is 1.65. The third kappa shape index (κ3) is 3.57. The van der Waals surface area contributed by atoms with Gasteiger partial charge in [0.1, 0.15) is 6.26 Å². The smallest absolute Gasteiger partial charge is 0.327 e. The normalized spacial score (nSPS) is 11.9. The first-order chi connectivity index (χ1) is 11.1. The molecule has 0 saturated carbocycles. The molecule has 3 aromatic rings.